The number of halogens is 1. The van der Waals surface area contributed by atoms with Gasteiger partial charge in [0.05, 0.1) is 6.10 Å². The average Bonchev–Trinajstić information content (AvgIpc) is 2.84. The first-order valence-corrected chi connectivity index (χ1v) is 6.06. The zero-order valence-electron chi connectivity index (χ0n) is 10.1. The first-order chi connectivity index (χ1) is 8.66. The number of hydrogen-bond donors (Lipinski definition) is 2. The van der Waals surface area contributed by atoms with Gasteiger partial charge in [0.2, 0.25) is 5.91 Å². The molecule has 0 saturated carbocycles. The molecule has 1 aliphatic rings. The van der Waals surface area contributed by atoms with Crippen LogP contribution >= 0.6 is 0 Å². The summed E-state index contributed by atoms with van der Waals surface area (Å²) in [5.74, 6) is -0.805. The first kappa shape index (κ1) is 13.0. The second-order valence-electron chi connectivity index (χ2n) is 4.43. The second kappa shape index (κ2) is 5.93. The van der Waals surface area contributed by atoms with Crippen molar-refractivity contribution in [3.8, 4) is 0 Å². The van der Waals surface area contributed by atoms with E-state index in [1.54, 1.807) is 12.1 Å². The highest BCUT2D eigenvalue weighted by molar-refractivity contribution is 5.81. The average molecular weight is 252 g/mol. The fourth-order valence-electron chi connectivity index (χ4n) is 2.09. The van der Waals surface area contributed by atoms with Crippen molar-refractivity contribution >= 4 is 5.91 Å². The van der Waals surface area contributed by atoms with Crippen LogP contribution in [0.3, 0.4) is 0 Å². The normalized spacial score (nSPS) is 20.8. The lowest BCUT2D eigenvalue weighted by atomic mass is 10.1. The summed E-state index contributed by atoms with van der Waals surface area (Å²) in [6.45, 7) is 1.34. The molecule has 2 rings (SSSR count). The zero-order valence-corrected chi connectivity index (χ0v) is 10.1. The Balaban J connectivity index is 1.99. The van der Waals surface area contributed by atoms with Crippen molar-refractivity contribution < 1.29 is 13.9 Å². The van der Waals surface area contributed by atoms with Crippen molar-refractivity contribution in [1.29, 1.82) is 0 Å². The van der Waals surface area contributed by atoms with Crippen molar-refractivity contribution in [3.05, 3.63) is 35.6 Å². The number of rotatable bonds is 5. The standard InChI is InChI=1S/C13H17FN2O2/c14-10-5-3-9(4-6-10)12(13(15)17)16-8-11-2-1-7-18-11/h3-6,11-12,16H,1-2,7-8H2,(H2,15,17). The van der Waals surface area contributed by atoms with Gasteiger partial charge >= 0.3 is 0 Å². The van der Waals surface area contributed by atoms with Crippen LogP contribution < -0.4 is 11.1 Å². The molecule has 3 N–H and O–H groups in total. The number of benzene rings is 1. The molecule has 98 valence electrons. The maximum atomic E-state index is 12.8. The van der Waals surface area contributed by atoms with Gasteiger partial charge in [0.1, 0.15) is 11.9 Å². The van der Waals surface area contributed by atoms with Crippen LogP contribution in [-0.4, -0.2) is 25.2 Å². The molecule has 1 heterocycles. The highest BCUT2D eigenvalue weighted by Gasteiger charge is 2.21. The summed E-state index contributed by atoms with van der Waals surface area (Å²) in [5, 5.41) is 3.07. The van der Waals surface area contributed by atoms with Crippen LogP contribution in [0.2, 0.25) is 0 Å². The van der Waals surface area contributed by atoms with E-state index in [4.69, 9.17) is 10.5 Å². The van der Waals surface area contributed by atoms with E-state index in [9.17, 15) is 9.18 Å². The number of hydrogen-bond acceptors (Lipinski definition) is 3. The van der Waals surface area contributed by atoms with Gasteiger partial charge in [-0.1, -0.05) is 12.1 Å². The largest absolute Gasteiger partial charge is 0.377 e. The van der Waals surface area contributed by atoms with E-state index in [0.29, 0.717) is 12.1 Å². The molecule has 4 nitrogen and oxygen atoms in total. The summed E-state index contributed by atoms with van der Waals surface area (Å²) in [7, 11) is 0. The molecular formula is C13H17FN2O2. The molecule has 1 aromatic carbocycles. The lowest BCUT2D eigenvalue weighted by molar-refractivity contribution is -0.120. The minimum Gasteiger partial charge on any atom is -0.377 e. The van der Waals surface area contributed by atoms with Gasteiger partial charge in [0.25, 0.3) is 0 Å². The number of nitrogens with two attached hydrogens (primary N) is 1. The van der Waals surface area contributed by atoms with Crippen LogP contribution in [0.25, 0.3) is 0 Å². The smallest absolute Gasteiger partial charge is 0.239 e. The Hall–Kier alpha value is -1.46. The molecule has 1 fully saturated rings. The highest BCUT2D eigenvalue weighted by Crippen LogP contribution is 2.16. The van der Waals surface area contributed by atoms with Crippen LogP contribution in [0.5, 0.6) is 0 Å². The van der Waals surface area contributed by atoms with Crippen LogP contribution in [0.1, 0.15) is 24.4 Å². The van der Waals surface area contributed by atoms with Gasteiger partial charge in [-0.3, -0.25) is 10.1 Å². The molecular weight excluding hydrogens is 235 g/mol. The zero-order chi connectivity index (χ0) is 13.0. The van der Waals surface area contributed by atoms with Crippen LogP contribution in [0.4, 0.5) is 4.39 Å². The molecule has 0 spiro atoms. The summed E-state index contributed by atoms with van der Waals surface area (Å²) >= 11 is 0. The van der Waals surface area contributed by atoms with Gasteiger partial charge in [0.15, 0.2) is 0 Å². The lowest BCUT2D eigenvalue weighted by Gasteiger charge is -2.18. The molecule has 1 amide bonds. The molecule has 5 heteroatoms. The Bertz CT molecular complexity index is 402. The van der Waals surface area contributed by atoms with E-state index in [2.05, 4.69) is 5.32 Å². The van der Waals surface area contributed by atoms with Crippen LogP contribution in [-0.2, 0) is 9.53 Å². The van der Waals surface area contributed by atoms with Gasteiger partial charge in [-0.05, 0) is 30.5 Å². The summed E-state index contributed by atoms with van der Waals surface area (Å²) in [4.78, 5) is 11.4. The topological polar surface area (TPSA) is 64.4 Å². The quantitative estimate of drug-likeness (QED) is 0.825. The molecule has 2 atom stereocenters. The van der Waals surface area contributed by atoms with Crippen molar-refractivity contribution in [3.63, 3.8) is 0 Å². The summed E-state index contributed by atoms with van der Waals surface area (Å²) in [6.07, 6.45) is 2.17. The van der Waals surface area contributed by atoms with E-state index < -0.39 is 11.9 Å². The van der Waals surface area contributed by atoms with Gasteiger partial charge in [0, 0.05) is 13.2 Å². The number of carbonyl (C=O) groups excluding carboxylic acids is 1. The SMILES string of the molecule is NC(=O)C(NCC1CCCO1)c1ccc(F)cc1. The maximum absolute atomic E-state index is 12.8. The van der Waals surface area contributed by atoms with E-state index in [1.165, 1.54) is 12.1 Å². The van der Waals surface area contributed by atoms with E-state index in [1.807, 2.05) is 0 Å². The Kier molecular flexibility index (Phi) is 4.28. The Morgan fingerprint density at radius 1 is 1.50 bits per heavy atom. The Morgan fingerprint density at radius 2 is 2.22 bits per heavy atom. The van der Waals surface area contributed by atoms with E-state index >= 15 is 0 Å². The fourth-order valence-corrected chi connectivity index (χ4v) is 2.09. The highest BCUT2D eigenvalue weighted by atomic mass is 19.1. The minimum atomic E-state index is -0.602. The fraction of sp³-hybridized carbons (Fsp3) is 0.462. The van der Waals surface area contributed by atoms with Gasteiger partial charge in [-0.2, -0.15) is 0 Å². The summed E-state index contributed by atoms with van der Waals surface area (Å²) < 4.78 is 18.3. The third-order valence-corrected chi connectivity index (χ3v) is 3.06. The van der Waals surface area contributed by atoms with Crippen molar-refractivity contribution in [2.45, 2.75) is 25.0 Å². The number of carbonyl (C=O) groups is 1. The predicted molar refractivity (Wildman–Crippen MR) is 65.3 cm³/mol. The molecule has 1 saturated heterocycles. The number of amides is 1. The van der Waals surface area contributed by atoms with Gasteiger partial charge in [-0.15, -0.1) is 0 Å². The predicted octanol–water partition coefficient (Wildman–Crippen LogP) is 1.12. The molecule has 2 unspecified atom stereocenters. The number of ether oxygens (including phenoxy) is 1. The molecule has 0 aromatic heterocycles. The number of primary amides is 1. The molecule has 18 heavy (non-hydrogen) atoms. The van der Waals surface area contributed by atoms with Crippen molar-refractivity contribution in [2.75, 3.05) is 13.2 Å². The third kappa shape index (κ3) is 3.27. The molecule has 1 aliphatic heterocycles. The minimum absolute atomic E-state index is 0.132. The molecule has 0 bridgehead atoms. The third-order valence-electron chi connectivity index (χ3n) is 3.06. The number of nitrogens with one attached hydrogen (secondary N) is 1. The van der Waals surface area contributed by atoms with Crippen LogP contribution in [0.15, 0.2) is 24.3 Å². The van der Waals surface area contributed by atoms with Gasteiger partial charge in [-0.25, -0.2) is 4.39 Å². The first-order valence-electron chi connectivity index (χ1n) is 6.06. The summed E-state index contributed by atoms with van der Waals surface area (Å²) in [6, 6.07) is 5.16. The molecule has 1 aromatic rings. The van der Waals surface area contributed by atoms with Crippen molar-refractivity contribution in [2.24, 2.45) is 5.73 Å². The van der Waals surface area contributed by atoms with E-state index in [-0.39, 0.29) is 11.9 Å². The van der Waals surface area contributed by atoms with Gasteiger partial charge < -0.3 is 10.5 Å². The maximum Gasteiger partial charge on any atom is 0.239 e. The van der Waals surface area contributed by atoms with Crippen LogP contribution in [0, 0.1) is 5.82 Å². The molecule has 0 radical (unpaired) electrons. The second-order valence-corrected chi connectivity index (χ2v) is 4.43. The summed E-state index contributed by atoms with van der Waals surface area (Å²) in [5.41, 5.74) is 6.02. The Morgan fingerprint density at radius 3 is 2.78 bits per heavy atom. The monoisotopic (exact) mass is 252 g/mol. The van der Waals surface area contributed by atoms with E-state index in [0.717, 1.165) is 19.4 Å². The molecule has 0 aliphatic carbocycles. The lowest BCUT2D eigenvalue weighted by Crippen LogP contribution is -2.37. The Labute approximate surface area is 105 Å². The van der Waals surface area contributed by atoms with Crippen molar-refractivity contribution in [1.82, 2.24) is 5.32 Å².